The highest BCUT2D eigenvalue weighted by atomic mass is 35.5. The molecule has 0 atom stereocenters. The molecule has 0 aliphatic carbocycles. The van der Waals surface area contributed by atoms with Gasteiger partial charge in [-0.05, 0) is 24.6 Å². The summed E-state index contributed by atoms with van der Waals surface area (Å²) in [6.45, 7) is 6.56. The first-order chi connectivity index (χ1) is 14.4. The van der Waals surface area contributed by atoms with Crippen molar-refractivity contribution in [1.82, 2.24) is 20.1 Å². The zero-order chi connectivity index (χ0) is 21.3. The average molecular weight is 450 g/mol. The molecule has 0 unspecified atom stereocenters. The van der Waals surface area contributed by atoms with Crippen LogP contribution in [0.25, 0.3) is 10.2 Å². The molecule has 2 fully saturated rings. The van der Waals surface area contributed by atoms with Gasteiger partial charge in [-0.25, -0.2) is 4.98 Å². The Morgan fingerprint density at radius 1 is 1.17 bits per heavy atom. The molecule has 3 amide bonds. The summed E-state index contributed by atoms with van der Waals surface area (Å²) in [5, 5.41) is 4.56. The minimum absolute atomic E-state index is 0.174. The van der Waals surface area contributed by atoms with Crippen molar-refractivity contribution in [2.45, 2.75) is 19.8 Å². The summed E-state index contributed by atoms with van der Waals surface area (Å²) in [5.74, 6) is -0.821. The molecule has 4 rings (SSSR count). The van der Waals surface area contributed by atoms with E-state index in [-0.39, 0.29) is 37.1 Å². The van der Waals surface area contributed by atoms with Crippen LogP contribution in [0.2, 0.25) is 5.02 Å². The first-order valence-corrected chi connectivity index (χ1v) is 11.2. The van der Waals surface area contributed by atoms with Crippen LogP contribution in [0.3, 0.4) is 0 Å². The number of hydrogen-bond donors (Lipinski definition) is 1. The molecular weight excluding hydrogens is 426 g/mol. The Kier molecular flexibility index (Phi) is 6.21. The lowest BCUT2D eigenvalue weighted by Gasteiger charge is -2.34. The Morgan fingerprint density at radius 2 is 1.87 bits per heavy atom. The molecule has 1 aromatic carbocycles. The molecule has 1 aromatic heterocycles. The van der Waals surface area contributed by atoms with Gasteiger partial charge in [0.25, 0.3) is 0 Å². The third-order valence-corrected chi connectivity index (χ3v) is 7.08. The van der Waals surface area contributed by atoms with E-state index in [0.29, 0.717) is 6.54 Å². The van der Waals surface area contributed by atoms with Gasteiger partial charge < -0.3 is 10.2 Å². The molecule has 2 aliphatic rings. The van der Waals surface area contributed by atoms with Crippen LogP contribution in [0.1, 0.15) is 18.4 Å². The zero-order valence-corrected chi connectivity index (χ0v) is 18.4. The van der Waals surface area contributed by atoms with Crippen LogP contribution < -0.4 is 10.2 Å². The Hall–Kier alpha value is -2.23. The van der Waals surface area contributed by atoms with Gasteiger partial charge in [0.2, 0.25) is 17.7 Å². The Labute approximate surface area is 183 Å². The summed E-state index contributed by atoms with van der Waals surface area (Å²) in [6.07, 6.45) is 0.412. The van der Waals surface area contributed by atoms with Crippen molar-refractivity contribution in [3.63, 3.8) is 0 Å². The van der Waals surface area contributed by atoms with Gasteiger partial charge in [0.1, 0.15) is 6.54 Å². The van der Waals surface area contributed by atoms with Crippen molar-refractivity contribution >= 4 is 56.0 Å². The molecule has 3 heterocycles. The van der Waals surface area contributed by atoms with Gasteiger partial charge >= 0.3 is 0 Å². The van der Waals surface area contributed by atoms with Crippen molar-refractivity contribution in [2.75, 3.05) is 50.7 Å². The SMILES string of the molecule is Cc1c(Cl)ccc2sc(N3CCN(CCNC(=O)CN4C(=O)CCC4=O)CC3)nc12. The van der Waals surface area contributed by atoms with Crippen LogP contribution in [0, 0.1) is 6.92 Å². The number of hydrogen-bond acceptors (Lipinski definition) is 7. The van der Waals surface area contributed by atoms with E-state index in [1.807, 2.05) is 19.1 Å². The maximum Gasteiger partial charge on any atom is 0.240 e. The molecule has 0 bridgehead atoms. The predicted octanol–water partition coefficient (Wildman–Crippen LogP) is 1.65. The third-order valence-electron chi connectivity index (χ3n) is 5.59. The number of nitrogens with zero attached hydrogens (tertiary/aromatic N) is 4. The van der Waals surface area contributed by atoms with Gasteiger partial charge in [-0.1, -0.05) is 22.9 Å². The summed E-state index contributed by atoms with van der Waals surface area (Å²) >= 11 is 7.90. The number of carbonyl (C=O) groups excluding carboxylic acids is 3. The standard InChI is InChI=1S/C20H24ClN5O3S/c1-13-14(21)2-3-15-19(13)23-20(30-15)25-10-8-24(9-11-25)7-6-22-16(27)12-26-17(28)4-5-18(26)29/h2-3H,4-12H2,1H3,(H,22,27). The van der Waals surface area contributed by atoms with Crippen LogP contribution >= 0.6 is 22.9 Å². The number of benzene rings is 1. The number of likely N-dealkylation sites (tertiary alicyclic amines) is 1. The molecule has 160 valence electrons. The van der Waals surface area contributed by atoms with Crippen molar-refractivity contribution < 1.29 is 14.4 Å². The molecule has 10 heteroatoms. The monoisotopic (exact) mass is 449 g/mol. The highest BCUT2D eigenvalue weighted by Gasteiger charge is 2.30. The fourth-order valence-electron chi connectivity index (χ4n) is 3.74. The Bertz CT molecular complexity index is 970. The number of rotatable bonds is 6. The summed E-state index contributed by atoms with van der Waals surface area (Å²) in [4.78, 5) is 45.6. The maximum absolute atomic E-state index is 12.0. The van der Waals surface area contributed by atoms with E-state index in [0.717, 1.165) is 63.6 Å². The topological polar surface area (TPSA) is 85.9 Å². The quantitative estimate of drug-likeness (QED) is 0.675. The van der Waals surface area contributed by atoms with Gasteiger partial charge in [0.05, 0.1) is 10.2 Å². The number of thiazole rings is 1. The lowest BCUT2D eigenvalue weighted by Crippen LogP contribution is -2.49. The first kappa shape index (κ1) is 21.0. The number of anilines is 1. The van der Waals surface area contributed by atoms with E-state index in [1.165, 1.54) is 0 Å². The minimum Gasteiger partial charge on any atom is -0.353 e. The number of aryl methyl sites for hydroxylation is 1. The van der Waals surface area contributed by atoms with Gasteiger partial charge in [-0.3, -0.25) is 24.2 Å². The van der Waals surface area contributed by atoms with Crippen molar-refractivity contribution in [3.05, 3.63) is 22.7 Å². The number of halogens is 1. The molecule has 2 saturated heterocycles. The number of amides is 3. The number of nitrogens with one attached hydrogen (secondary N) is 1. The second kappa shape index (κ2) is 8.87. The second-order valence-electron chi connectivity index (χ2n) is 7.57. The van der Waals surface area contributed by atoms with Crippen LogP contribution in [-0.4, -0.2) is 78.3 Å². The zero-order valence-electron chi connectivity index (χ0n) is 16.8. The summed E-state index contributed by atoms with van der Waals surface area (Å²) in [6, 6.07) is 3.94. The molecule has 0 saturated carbocycles. The number of carbonyl (C=O) groups is 3. The minimum atomic E-state index is -0.291. The van der Waals surface area contributed by atoms with Gasteiger partial charge in [0.15, 0.2) is 5.13 Å². The van der Waals surface area contributed by atoms with Gasteiger partial charge in [0, 0.05) is 57.1 Å². The van der Waals surface area contributed by atoms with E-state index in [4.69, 9.17) is 16.6 Å². The van der Waals surface area contributed by atoms with E-state index in [9.17, 15) is 14.4 Å². The number of fused-ring (bicyclic) bond motifs is 1. The fraction of sp³-hybridized carbons (Fsp3) is 0.500. The number of imide groups is 1. The molecule has 8 nitrogen and oxygen atoms in total. The highest BCUT2D eigenvalue weighted by molar-refractivity contribution is 7.22. The van der Waals surface area contributed by atoms with Crippen LogP contribution in [0.4, 0.5) is 5.13 Å². The summed E-state index contributed by atoms with van der Waals surface area (Å²) in [5.41, 5.74) is 1.99. The van der Waals surface area contributed by atoms with E-state index in [1.54, 1.807) is 11.3 Å². The van der Waals surface area contributed by atoms with Crippen molar-refractivity contribution in [2.24, 2.45) is 0 Å². The van der Waals surface area contributed by atoms with Gasteiger partial charge in [-0.15, -0.1) is 0 Å². The van der Waals surface area contributed by atoms with Gasteiger partial charge in [-0.2, -0.15) is 0 Å². The molecule has 1 N–H and O–H groups in total. The number of aromatic nitrogens is 1. The average Bonchev–Trinajstić information content (AvgIpc) is 3.31. The summed E-state index contributed by atoms with van der Waals surface area (Å²) in [7, 11) is 0. The van der Waals surface area contributed by atoms with Crippen molar-refractivity contribution in [3.8, 4) is 0 Å². The smallest absolute Gasteiger partial charge is 0.240 e. The van der Waals surface area contributed by atoms with Crippen molar-refractivity contribution in [1.29, 1.82) is 0 Å². The lowest BCUT2D eigenvalue weighted by atomic mass is 10.2. The van der Waals surface area contributed by atoms with Crippen LogP contribution in [-0.2, 0) is 14.4 Å². The first-order valence-electron chi connectivity index (χ1n) is 10.0. The third kappa shape index (κ3) is 4.43. The molecule has 2 aromatic rings. The van der Waals surface area contributed by atoms with Crippen LogP contribution in [0.5, 0.6) is 0 Å². The summed E-state index contributed by atoms with van der Waals surface area (Å²) < 4.78 is 1.15. The Morgan fingerprint density at radius 3 is 2.57 bits per heavy atom. The maximum atomic E-state index is 12.0. The Balaban J connectivity index is 1.22. The predicted molar refractivity (Wildman–Crippen MR) is 117 cm³/mol. The highest BCUT2D eigenvalue weighted by Crippen LogP contribution is 2.33. The fourth-order valence-corrected chi connectivity index (χ4v) is 4.97. The largest absolute Gasteiger partial charge is 0.353 e. The van der Waals surface area contributed by atoms with Crippen LogP contribution in [0.15, 0.2) is 12.1 Å². The van der Waals surface area contributed by atoms with E-state index < -0.39 is 0 Å². The molecular formula is C20H24ClN5O3S. The molecule has 30 heavy (non-hydrogen) atoms. The van der Waals surface area contributed by atoms with E-state index in [2.05, 4.69) is 15.1 Å². The molecule has 0 radical (unpaired) electrons. The van der Waals surface area contributed by atoms with E-state index >= 15 is 0 Å². The normalized spacial score (nSPS) is 17.9. The molecule has 0 spiro atoms. The second-order valence-corrected chi connectivity index (χ2v) is 8.98. The molecule has 2 aliphatic heterocycles. The lowest BCUT2D eigenvalue weighted by molar-refractivity contribution is -0.142. The number of piperazine rings is 1.